The lowest BCUT2D eigenvalue weighted by Crippen LogP contribution is -2.58. The van der Waals surface area contributed by atoms with Gasteiger partial charge in [0.1, 0.15) is 0 Å². The summed E-state index contributed by atoms with van der Waals surface area (Å²) in [6, 6.07) is 2.15. The molecule has 2 nitrogen and oxygen atoms in total. The van der Waals surface area contributed by atoms with E-state index in [0.717, 1.165) is 6.04 Å². The first kappa shape index (κ1) is 13.0. The van der Waals surface area contributed by atoms with Crippen LogP contribution in [0.1, 0.15) is 47.5 Å². The van der Waals surface area contributed by atoms with Gasteiger partial charge in [-0.25, -0.2) is 0 Å². The Morgan fingerprint density at radius 3 is 1.67 bits per heavy atom. The third-order valence-electron chi connectivity index (χ3n) is 3.68. The van der Waals surface area contributed by atoms with Crippen molar-refractivity contribution in [2.45, 2.75) is 71.1 Å². The molecule has 0 radical (unpaired) electrons. The van der Waals surface area contributed by atoms with Crippen LogP contribution in [0.5, 0.6) is 0 Å². The van der Waals surface area contributed by atoms with E-state index >= 15 is 0 Å². The molecule has 0 aromatic heterocycles. The maximum Gasteiger partial charge on any atom is 0.0130 e. The van der Waals surface area contributed by atoms with E-state index in [4.69, 9.17) is 0 Å². The second-order valence-corrected chi connectivity index (χ2v) is 6.36. The molecule has 0 spiro atoms. The van der Waals surface area contributed by atoms with E-state index in [1.54, 1.807) is 0 Å². The number of hydrogen-bond acceptors (Lipinski definition) is 2. The average molecular weight is 212 g/mol. The summed E-state index contributed by atoms with van der Waals surface area (Å²) in [7, 11) is 4.41. The first-order chi connectivity index (χ1) is 6.73. The summed E-state index contributed by atoms with van der Waals surface area (Å²) < 4.78 is 0. The smallest absolute Gasteiger partial charge is 0.0130 e. The van der Waals surface area contributed by atoms with E-state index in [9.17, 15) is 0 Å². The molecule has 0 aromatic carbocycles. The number of rotatable bonds is 1. The van der Waals surface area contributed by atoms with Gasteiger partial charge >= 0.3 is 0 Å². The molecule has 1 aliphatic rings. The van der Waals surface area contributed by atoms with Crippen molar-refractivity contribution in [2.24, 2.45) is 0 Å². The lowest BCUT2D eigenvalue weighted by atomic mass is 9.87. The van der Waals surface area contributed by atoms with Gasteiger partial charge in [-0.15, -0.1) is 0 Å². The van der Waals surface area contributed by atoms with Gasteiger partial charge < -0.3 is 4.90 Å². The lowest BCUT2D eigenvalue weighted by Gasteiger charge is -2.51. The molecule has 1 aliphatic heterocycles. The van der Waals surface area contributed by atoms with Gasteiger partial charge in [0.15, 0.2) is 0 Å². The number of hydrogen-bond donors (Lipinski definition) is 0. The quantitative estimate of drug-likeness (QED) is 0.659. The van der Waals surface area contributed by atoms with Crippen LogP contribution in [-0.2, 0) is 0 Å². The molecule has 1 fully saturated rings. The number of likely N-dealkylation sites (tertiary alicyclic amines) is 1. The van der Waals surface area contributed by atoms with Crippen LogP contribution in [0.3, 0.4) is 0 Å². The van der Waals surface area contributed by atoms with Crippen LogP contribution >= 0.6 is 0 Å². The van der Waals surface area contributed by atoms with E-state index in [0.29, 0.717) is 17.6 Å². The highest BCUT2D eigenvalue weighted by Crippen LogP contribution is 2.31. The highest BCUT2D eigenvalue weighted by atomic mass is 15.3. The summed E-state index contributed by atoms with van der Waals surface area (Å²) in [6.07, 6.45) is 2.60. The van der Waals surface area contributed by atoms with E-state index in [1.165, 1.54) is 12.8 Å². The third-order valence-corrected chi connectivity index (χ3v) is 3.68. The van der Waals surface area contributed by atoms with Crippen LogP contribution in [0, 0.1) is 0 Å². The van der Waals surface area contributed by atoms with Gasteiger partial charge in [-0.2, -0.15) is 0 Å². The van der Waals surface area contributed by atoms with Crippen molar-refractivity contribution in [3.63, 3.8) is 0 Å². The van der Waals surface area contributed by atoms with Crippen LogP contribution < -0.4 is 0 Å². The van der Waals surface area contributed by atoms with E-state index < -0.39 is 0 Å². The highest BCUT2D eigenvalue weighted by molar-refractivity contribution is 4.93. The standard InChI is InChI=1S/C13H28N2/c1-10-8-12(14(6)7)9-11(2)15(10)13(3,4)5/h10-12H,8-9H2,1-7H3. The molecule has 1 heterocycles. The largest absolute Gasteiger partial charge is 0.306 e. The summed E-state index contributed by atoms with van der Waals surface area (Å²) in [5, 5.41) is 0. The van der Waals surface area contributed by atoms with Gasteiger partial charge in [0.2, 0.25) is 0 Å². The number of piperidine rings is 1. The van der Waals surface area contributed by atoms with Gasteiger partial charge in [-0.3, -0.25) is 4.90 Å². The molecule has 1 saturated heterocycles. The first-order valence-electron chi connectivity index (χ1n) is 6.18. The highest BCUT2D eigenvalue weighted by Gasteiger charge is 2.37. The fraction of sp³-hybridized carbons (Fsp3) is 1.00. The van der Waals surface area contributed by atoms with Crippen LogP contribution in [0.15, 0.2) is 0 Å². The molecule has 0 saturated carbocycles. The molecule has 0 amide bonds. The Bertz CT molecular complexity index is 193. The number of nitrogens with zero attached hydrogens (tertiary/aromatic N) is 2. The Balaban J connectivity index is 2.73. The fourth-order valence-corrected chi connectivity index (χ4v) is 3.29. The second-order valence-electron chi connectivity index (χ2n) is 6.36. The van der Waals surface area contributed by atoms with Crippen molar-refractivity contribution < 1.29 is 0 Å². The Labute approximate surface area is 95.6 Å². The van der Waals surface area contributed by atoms with Gasteiger partial charge in [0.25, 0.3) is 0 Å². The Morgan fingerprint density at radius 1 is 1.00 bits per heavy atom. The zero-order valence-corrected chi connectivity index (χ0v) is 11.5. The predicted molar refractivity (Wildman–Crippen MR) is 67.2 cm³/mol. The molecule has 15 heavy (non-hydrogen) atoms. The summed E-state index contributed by atoms with van der Waals surface area (Å²) in [6.45, 7) is 11.7. The van der Waals surface area contributed by atoms with Crippen molar-refractivity contribution in [3.8, 4) is 0 Å². The molecular formula is C13H28N2. The van der Waals surface area contributed by atoms with Crippen molar-refractivity contribution in [3.05, 3.63) is 0 Å². The molecule has 2 unspecified atom stereocenters. The molecule has 0 bridgehead atoms. The van der Waals surface area contributed by atoms with Crippen LogP contribution in [0.4, 0.5) is 0 Å². The minimum atomic E-state index is 0.302. The molecule has 2 atom stereocenters. The zero-order valence-electron chi connectivity index (χ0n) is 11.5. The Hall–Kier alpha value is -0.0800. The maximum absolute atomic E-state index is 2.67. The second kappa shape index (κ2) is 4.42. The zero-order chi connectivity index (χ0) is 11.8. The molecule has 2 heteroatoms. The molecule has 90 valence electrons. The fourth-order valence-electron chi connectivity index (χ4n) is 3.29. The van der Waals surface area contributed by atoms with Gasteiger partial charge in [0.05, 0.1) is 0 Å². The molecule has 0 aromatic rings. The maximum atomic E-state index is 2.67. The first-order valence-corrected chi connectivity index (χ1v) is 6.18. The van der Waals surface area contributed by atoms with Crippen LogP contribution in [0.2, 0.25) is 0 Å². The van der Waals surface area contributed by atoms with Crippen LogP contribution in [0.25, 0.3) is 0 Å². The lowest BCUT2D eigenvalue weighted by molar-refractivity contribution is -0.0124. The summed E-state index contributed by atoms with van der Waals surface area (Å²) >= 11 is 0. The van der Waals surface area contributed by atoms with Gasteiger partial charge in [-0.1, -0.05) is 0 Å². The minimum absolute atomic E-state index is 0.302. The average Bonchev–Trinajstić information content (AvgIpc) is 1.99. The van der Waals surface area contributed by atoms with Crippen molar-refractivity contribution in [1.29, 1.82) is 0 Å². The third kappa shape index (κ3) is 2.94. The van der Waals surface area contributed by atoms with Crippen molar-refractivity contribution in [1.82, 2.24) is 9.80 Å². The van der Waals surface area contributed by atoms with Gasteiger partial charge in [-0.05, 0) is 61.6 Å². The molecule has 1 rings (SSSR count). The van der Waals surface area contributed by atoms with E-state index in [2.05, 4.69) is 58.5 Å². The molecular weight excluding hydrogens is 184 g/mol. The SMILES string of the molecule is CC1CC(N(C)C)CC(C)N1C(C)(C)C. The van der Waals surface area contributed by atoms with Crippen molar-refractivity contribution >= 4 is 0 Å². The van der Waals surface area contributed by atoms with Crippen LogP contribution in [-0.4, -0.2) is 47.6 Å². The predicted octanol–water partition coefficient (Wildman–Crippen LogP) is 2.59. The van der Waals surface area contributed by atoms with Crippen molar-refractivity contribution in [2.75, 3.05) is 14.1 Å². The van der Waals surface area contributed by atoms with Gasteiger partial charge in [0, 0.05) is 23.7 Å². The Morgan fingerprint density at radius 2 is 1.40 bits per heavy atom. The summed E-state index contributed by atoms with van der Waals surface area (Å²) in [4.78, 5) is 5.06. The normalized spacial score (nSPS) is 34.8. The van der Waals surface area contributed by atoms with E-state index in [1.807, 2.05) is 0 Å². The minimum Gasteiger partial charge on any atom is -0.306 e. The Kier molecular flexibility index (Phi) is 3.83. The summed E-state index contributed by atoms with van der Waals surface area (Å²) in [5.74, 6) is 0. The topological polar surface area (TPSA) is 6.48 Å². The van der Waals surface area contributed by atoms with E-state index in [-0.39, 0.29) is 0 Å². The molecule has 0 N–H and O–H groups in total. The summed E-state index contributed by atoms with van der Waals surface area (Å²) in [5.41, 5.74) is 0.302. The monoisotopic (exact) mass is 212 g/mol. The molecule has 0 aliphatic carbocycles.